The van der Waals surface area contributed by atoms with Crippen molar-refractivity contribution in [2.75, 3.05) is 5.75 Å². The number of nitrogens with zero attached hydrogens (tertiary/aromatic N) is 3. The summed E-state index contributed by atoms with van der Waals surface area (Å²) in [6, 6.07) is 12.1. The maximum atomic E-state index is 13.9. The molecule has 3 heterocycles. The van der Waals surface area contributed by atoms with Crippen LogP contribution < -0.4 is 5.56 Å². The Morgan fingerprint density at radius 3 is 2.92 bits per heavy atom. The van der Waals surface area contributed by atoms with E-state index in [1.807, 2.05) is 28.8 Å². The predicted molar refractivity (Wildman–Crippen MR) is 103 cm³/mol. The maximum Gasteiger partial charge on any atom is 0.278 e. The van der Waals surface area contributed by atoms with Gasteiger partial charge in [-0.15, -0.1) is 0 Å². The van der Waals surface area contributed by atoms with Gasteiger partial charge in [0.25, 0.3) is 5.56 Å². The molecule has 5 rings (SSSR count). The lowest BCUT2D eigenvalue weighted by Gasteiger charge is -2.09. The van der Waals surface area contributed by atoms with Gasteiger partial charge in [0.1, 0.15) is 16.9 Å². The molecule has 0 amide bonds. The lowest BCUT2D eigenvalue weighted by molar-refractivity contribution is 0.629. The average molecular weight is 386 g/mol. The van der Waals surface area contributed by atoms with Gasteiger partial charge in [0.15, 0.2) is 5.16 Å². The Labute approximate surface area is 157 Å². The molecule has 0 saturated carbocycles. The van der Waals surface area contributed by atoms with Crippen molar-refractivity contribution in [1.29, 1.82) is 0 Å². The highest BCUT2D eigenvalue weighted by Gasteiger charge is 2.23. The molecule has 0 spiro atoms. The zero-order valence-corrected chi connectivity index (χ0v) is 15.1. The van der Waals surface area contributed by atoms with Gasteiger partial charge in [-0.05, 0) is 29.8 Å². The summed E-state index contributed by atoms with van der Waals surface area (Å²) in [6.07, 6.45) is 0. The fraction of sp³-hybridized carbons (Fsp3) is 0.158. The van der Waals surface area contributed by atoms with Crippen LogP contribution >= 0.6 is 23.4 Å². The van der Waals surface area contributed by atoms with Gasteiger partial charge in [-0.1, -0.05) is 41.6 Å². The standard InChI is InChI=1S/C19H13ClFN3OS/c20-14-4-2-1-3-11(14)10-24-15-6-5-12(21)9-13(15)16-17(24)18(25)23-7-8-26-19(23)22-16/h1-6,9H,7-8,10H2. The van der Waals surface area contributed by atoms with Crippen molar-refractivity contribution in [2.45, 2.75) is 18.2 Å². The highest BCUT2D eigenvalue weighted by atomic mass is 35.5. The van der Waals surface area contributed by atoms with E-state index in [2.05, 4.69) is 4.98 Å². The van der Waals surface area contributed by atoms with Crippen LogP contribution in [-0.2, 0) is 13.1 Å². The molecule has 4 nitrogen and oxygen atoms in total. The summed E-state index contributed by atoms with van der Waals surface area (Å²) in [7, 11) is 0. The number of benzene rings is 2. The molecule has 130 valence electrons. The summed E-state index contributed by atoms with van der Waals surface area (Å²) in [4.78, 5) is 17.8. The molecule has 0 unspecified atom stereocenters. The number of hydrogen-bond donors (Lipinski definition) is 0. The second-order valence-corrected chi connectivity index (χ2v) is 7.71. The zero-order valence-electron chi connectivity index (χ0n) is 13.6. The van der Waals surface area contributed by atoms with Crippen LogP contribution in [-0.4, -0.2) is 19.9 Å². The van der Waals surface area contributed by atoms with Gasteiger partial charge in [-0.3, -0.25) is 9.36 Å². The summed E-state index contributed by atoms with van der Waals surface area (Å²) >= 11 is 7.88. The molecule has 0 aliphatic carbocycles. The number of aromatic nitrogens is 3. The molecule has 0 saturated heterocycles. The molecule has 1 aliphatic heterocycles. The van der Waals surface area contributed by atoms with E-state index < -0.39 is 0 Å². The van der Waals surface area contributed by atoms with Crippen LogP contribution in [0.4, 0.5) is 4.39 Å². The van der Waals surface area contributed by atoms with Crippen molar-refractivity contribution in [2.24, 2.45) is 0 Å². The van der Waals surface area contributed by atoms with Crippen molar-refractivity contribution in [3.63, 3.8) is 0 Å². The minimum absolute atomic E-state index is 0.0846. The second kappa shape index (κ2) is 5.86. The normalized spacial score (nSPS) is 13.6. The molecular weight excluding hydrogens is 373 g/mol. The molecular formula is C19H13ClFN3OS. The fourth-order valence-electron chi connectivity index (χ4n) is 3.51. The van der Waals surface area contributed by atoms with Gasteiger partial charge >= 0.3 is 0 Å². The van der Waals surface area contributed by atoms with Crippen LogP contribution in [0.5, 0.6) is 0 Å². The average Bonchev–Trinajstić information content (AvgIpc) is 3.21. The smallest absolute Gasteiger partial charge is 0.278 e. The van der Waals surface area contributed by atoms with E-state index in [4.69, 9.17) is 11.6 Å². The molecule has 2 aromatic carbocycles. The van der Waals surface area contributed by atoms with Crippen LogP contribution in [0.15, 0.2) is 52.4 Å². The zero-order chi connectivity index (χ0) is 17.8. The van der Waals surface area contributed by atoms with Crippen LogP contribution in [0.3, 0.4) is 0 Å². The quantitative estimate of drug-likeness (QED) is 0.483. The van der Waals surface area contributed by atoms with Gasteiger partial charge in [0, 0.05) is 29.3 Å². The fourth-order valence-corrected chi connectivity index (χ4v) is 4.64. The molecule has 0 bridgehead atoms. The van der Waals surface area contributed by atoms with E-state index in [1.165, 1.54) is 12.1 Å². The van der Waals surface area contributed by atoms with Crippen molar-refractivity contribution in [1.82, 2.24) is 14.1 Å². The Morgan fingerprint density at radius 1 is 1.23 bits per heavy atom. The summed E-state index contributed by atoms with van der Waals surface area (Å²) in [6.45, 7) is 1.07. The summed E-state index contributed by atoms with van der Waals surface area (Å²) in [5.74, 6) is 0.482. The predicted octanol–water partition coefficient (Wildman–Crippen LogP) is 4.30. The number of thioether (sulfide) groups is 1. The molecule has 0 radical (unpaired) electrons. The van der Waals surface area contributed by atoms with Gasteiger partial charge in [0.2, 0.25) is 0 Å². The topological polar surface area (TPSA) is 39.8 Å². The van der Waals surface area contributed by atoms with Crippen LogP contribution in [0.2, 0.25) is 5.02 Å². The number of hydrogen-bond acceptors (Lipinski definition) is 3. The molecule has 4 aromatic rings. The van der Waals surface area contributed by atoms with Crippen molar-refractivity contribution in [3.8, 4) is 0 Å². The van der Waals surface area contributed by atoms with Crippen LogP contribution in [0.25, 0.3) is 21.9 Å². The van der Waals surface area contributed by atoms with Gasteiger partial charge in [0.05, 0.1) is 5.52 Å². The lowest BCUT2D eigenvalue weighted by atomic mass is 10.2. The van der Waals surface area contributed by atoms with E-state index in [-0.39, 0.29) is 11.4 Å². The number of fused-ring (bicyclic) bond motifs is 4. The first-order valence-electron chi connectivity index (χ1n) is 8.22. The highest BCUT2D eigenvalue weighted by Crippen LogP contribution is 2.31. The largest absolute Gasteiger partial charge is 0.330 e. The minimum atomic E-state index is -0.343. The van der Waals surface area contributed by atoms with Crippen LogP contribution in [0.1, 0.15) is 5.56 Å². The number of rotatable bonds is 2. The SMILES string of the molecule is O=c1c2c(nc3n1CCS3)c1cc(F)ccc1n2Cc1ccccc1Cl. The molecule has 26 heavy (non-hydrogen) atoms. The molecule has 2 aromatic heterocycles. The van der Waals surface area contributed by atoms with E-state index in [0.717, 1.165) is 16.8 Å². The molecule has 1 aliphatic rings. The number of halogens is 2. The first-order chi connectivity index (χ1) is 12.6. The highest BCUT2D eigenvalue weighted by molar-refractivity contribution is 7.99. The third kappa shape index (κ3) is 2.29. The van der Waals surface area contributed by atoms with Gasteiger partial charge < -0.3 is 4.57 Å². The minimum Gasteiger partial charge on any atom is -0.330 e. The van der Waals surface area contributed by atoms with E-state index in [0.29, 0.717) is 39.7 Å². The monoisotopic (exact) mass is 385 g/mol. The Bertz CT molecular complexity index is 1250. The third-order valence-electron chi connectivity index (χ3n) is 4.72. The Balaban J connectivity index is 1.88. The molecule has 7 heteroatoms. The van der Waals surface area contributed by atoms with E-state index in [1.54, 1.807) is 22.4 Å². The lowest BCUT2D eigenvalue weighted by Crippen LogP contribution is -2.22. The van der Waals surface area contributed by atoms with E-state index in [9.17, 15) is 9.18 Å². The Morgan fingerprint density at radius 2 is 2.08 bits per heavy atom. The molecule has 0 N–H and O–H groups in total. The summed E-state index contributed by atoms with van der Waals surface area (Å²) in [5, 5.41) is 1.98. The van der Waals surface area contributed by atoms with Crippen molar-refractivity contribution in [3.05, 3.63) is 69.2 Å². The van der Waals surface area contributed by atoms with Crippen LogP contribution in [0, 0.1) is 5.82 Å². The summed E-state index contributed by atoms with van der Waals surface area (Å²) < 4.78 is 17.5. The summed E-state index contributed by atoms with van der Waals surface area (Å²) in [5.41, 5.74) is 2.64. The third-order valence-corrected chi connectivity index (χ3v) is 6.04. The van der Waals surface area contributed by atoms with Crippen molar-refractivity contribution < 1.29 is 4.39 Å². The first kappa shape index (κ1) is 15.9. The Hall–Kier alpha value is -2.31. The maximum absolute atomic E-state index is 13.9. The van der Waals surface area contributed by atoms with Gasteiger partial charge in [-0.25, -0.2) is 9.37 Å². The molecule has 0 atom stereocenters. The van der Waals surface area contributed by atoms with Crippen molar-refractivity contribution >= 4 is 45.3 Å². The van der Waals surface area contributed by atoms with Gasteiger partial charge in [-0.2, -0.15) is 0 Å². The molecule has 0 fully saturated rings. The van der Waals surface area contributed by atoms with E-state index >= 15 is 0 Å². The second-order valence-electron chi connectivity index (χ2n) is 6.24. The Kier molecular flexibility index (Phi) is 3.58. The first-order valence-corrected chi connectivity index (χ1v) is 9.58.